The Morgan fingerprint density at radius 3 is 2.80 bits per heavy atom. The molecule has 0 spiro atoms. The van der Waals surface area contributed by atoms with E-state index in [4.69, 9.17) is 11.6 Å². The van der Waals surface area contributed by atoms with Crippen molar-refractivity contribution in [2.75, 3.05) is 0 Å². The number of hydrogen-bond donors (Lipinski definition) is 2. The van der Waals surface area contributed by atoms with Crippen LogP contribution in [-0.4, -0.2) is 21.9 Å². The molecule has 1 atom stereocenters. The van der Waals surface area contributed by atoms with Gasteiger partial charge in [-0.15, -0.1) is 0 Å². The van der Waals surface area contributed by atoms with Gasteiger partial charge in [0.2, 0.25) is 5.91 Å². The summed E-state index contributed by atoms with van der Waals surface area (Å²) < 4.78 is 0. The molecule has 0 radical (unpaired) electrons. The Labute approximate surface area is 123 Å². The molecule has 2 rings (SSSR count). The number of rotatable bonds is 6. The molecule has 0 saturated heterocycles. The van der Waals surface area contributed by atoms with E-state index in [1.807, 2.05) is 31.2 Å². The Balaban J connectivity index is 1.74. The highest BCUT2D eigenvalue weighted by atomic mass is 35.5. The summed E-state index contributed by atoms with van der Waals surface area (Å²) in [6.45, 7) is 2.00. The van der Waals surface area contributed by atoms with Crippen LogP contribution < -0.4 is 5.32 Å². The first-order valence-electron chi connectivity index (χ1n) is 6.65. The fourth-order valence-corrected chi connectivity index (χ4v) is 2.16. The second-order valence-electron chi connectivity index (χ2n) is 4.84. The summed E-state index contributed by atoms with van der Waals surface area (Å²) in [4.78, 5) is 18.9. The largest absolute Gasteiger partial charge is 0.353 e. The van der Waals surface area contributed by atoms with Crippen molar-refractivity contribution in [2.24, 2.45) is 0 Å². The predicted molar refractivity (Wildman–Crippen MR) is 79.7 cm³/mol. The lowest BCUT2D eigenvalue weighted by atomic mass is 10.1. The molecule has 5 heteroatoms. The number of aromatic nitrogens is 2. The Kier molecular flexibility index (Phi) is 5.18. The number of benzene rings is 1. The first-order valence-corrected chi connectivity index (χ1v) is 7.03. The van der Waals surface area contributed by atoms with Crippen molar-refractivity contribution >= 4 is 17.5 Å². The van der Waals surface area contributed by atoms with Crippen LogP contribution in [0.5, 0.6) is 0 Å². The summed E-state index contributed by atoms with van der Waals surface area (Å²) in [6, 6.07) is 7.78. The van der Waals surface area contributed by atoms with Crippen LogP contribution in [0.15, 0.2) is 36.7 Å². The molecule has 1 aromatic heterocycles. The average Bonchev–Trinajstić information content (AvgIpc) is 2.92. The molecule has 0 aliphatic rings. The lowest BCUT2D eigenvalue weighted by molar-refractivity contribution is -0.121. The van der Waals surface area contributed by atoms with Crippen LogP contribution in [0.2, 0.25) is 5.02 Å². The highest BCUT2D eigenvalue weighted by Gasteiger charge is 2.09. The zero-order valence-corrected chi connectivity index (χ0v) is 12.2. The summed E-state index contributed by atoms with van der Waals surface area (Å²) in [7, 11) is 0. The molecular formula is C15H18ClN3O. The van der Waals surface area contributed by atoms with Crippen molar-refractivity contribution in [3.8, 4) is 0 Å². The van der Waals surface area contributed by atoms with E-state index in [2.05, 4.69) is 15.3 Å². The first-order chi connectivity index (χ1) is 9.63. The Bertz CT molecular complexity index is 537. The third-order valence-corrected chi connectivity index (χ3v) is 3.26. The minimum absolute atomic E-state index is 0.0443. The van der Waals surface area contributed by atoms with E-state index in [0.29, 0.717) is 12.8 Å². The van der Waals surface area contributed by atoms with Gasteiger partial charge in [-0.1, -0.05) is 23.7 Å². The fourth-order valence-electron chi connectivity index (χ4n) is 2.04. The van der Waals surface area contributed by atoms with E-state index < -0.39 is 0 Å². The van der Waals surface area contributed by atoms with Gasteiger partial charge < -0.3 is 10.3 Å². The quantitative estimate of drug-likeness (QED) is 0.860. The van der Waals surface area contributed by atoms with Gasteiger partial charge >= 0.3 is 0 Å². The number of imidazole rings is 1. The number of nitrogens with one attached hydrogen (secondary N) is 2. The number of carbonyl (C=O) groups is 1. The maximum absolute atomic E-state index is 11.8. The molecule has 1 amide bonds. The maximum atomic E-state index is 11.8. The molecule has 4 nitrogen and oxygen atoms in total. The molecule has 106 valence electrons. The van der Waals surface area contributed by atoms with Gasteiger partial charge in [-0.3, -0.25) is 4.79 Å². The van der Waals surface area contributed by atoms with Crippen molar-refractivity contribution < 1.29 is 4.79 Å². The summed E-state index contributed by atoms with van der Waals surface area (Å²) in [5.41, 5.74) is 1.16. The van der Waals surface area contributed by atoms with Crippen LogP contribution in [-0.2, 0) is 17.6 Å². The molecule has 1 aromatic carbocycles. The van der Waals surface area contributed by atoms with Crippen LogP contribution in [0.3, 0.4) is 0 Å². The van der Waals surface area contributed by atoms with Gasteiger partial charge in [0, 0.05) is 36.3 Å². The third-order valence-electron chi connectivity index (χ3n) is 3.01. The topological polar surface area (TPSA) is 57.8 Å². The normalized spacial score (nSPS) is 12.1. The van der Waals surface area contributed by atoms with Crippen LogP contribution in [0, 0.1) is 0 Å². The molecule has 1 unspecified atom stereocenters. The predicted octanol–water partition coefficient (Wildman–Crippen LogP) is 2.74. The third kappa shape index (κ3) is 4.70. The number of aromatic amines is 1. The molecule has 20 heavy (non-hydrogen) atoms. The van der Waals surface area contributed by atoms with E-state index in [-0.39, 0.29) is 11.9 Å². The lowest BCUT2D eigenvalue weighted by Crippen LogP contribution is -2.34. The Morgan fingerprint density at radius 2 is 2.15 bits per heavy atom. The first kappa shape index (κ1) is 14.6. The summed E-state index contributed by atoms with van der Waals surface area (Å²) in [5.74, 6) is 0.883. The Hall–Kier alpha value is -1.81. The highest BCUT2D eigenvalue weighted by Crippen LogP contribution is 2.11. The maximum Gasteiger partial charge on any atom is 0.220 e. The second kappa shape index (κ2) is 7.10. The Morgan fingerprint density at radius 1 is 1.40 bits per heavy atom. The second-order valence-corrected chi connectivity index (χ2v) is 5.27. The summed E-state index contributed by atoms with van der Waals surface area (Å²) >= 11 is 5.84. The SMILES string of the molecule is CC(Cc1ccc(Cl)cc1)NC(=O)CCc1ncc[nH]1. The highest BCUT2D eigenvalue weighted by molar-refractivity contribution is 6.30. The molecule has 0 bridgehead atoms. The summed E-state index contributed by atoms with van der Waals surface area (Å²) in [6.07, 6.45) is 5.32. The molecule has 2 N–H and O–H groups in total. The molecule has 0 saturated carbocycles. The number of amides is 1. The molecule has 0 aliphatic carbocycles. The number of halogens is 1. The van der Waals surface area contributed by atoms with Crippen molar-refractivity contribution in [3.05, 3.63) is 53.1 Å². The molecule has 0 aliphatic heterocycles. The summed E-state index contributed by atoms with van der Waals surface area (Å²) in [5, 5.41) is 3.72. The van der Waals surface area contributed by atoms with Gasteiger partial charge in [-0.2, -0.15) is 0 Å². The van der Waals surface area contributed by atoms with Crippen molar-refractivity contribution in [3.63, 3.8) is 0 Å². The number of nitrogens with zero attached hydrogens (tertiary/aromatic N) is 1. The van der Waals surface area contributed by atoms with Gasteiger partial charge in [0.05, 0.1) is 0 Å². The van der Waals surface area contributed by atoms with Gasteiger partial charge in [0.1, 0.15) is 5.82 Å². The molecule has 0 fully saturated rings. The van der Waals surface area contributed by atoms with Gasteiger partial charge in [0.15, 0.2) is 0 Å². The number of H-pyrrole nitrogens is 1. The smallest absolute Gasteiger partial charge is 0.220 e. The van der Waals surface area contributed by atoms with Crippen molar-refractivity contribution in [1.82, 2.24) is 15.3 Å². The zero-order valence-electron chi connectivity index (χ0n) is 11.4. The van der Waals surface area contributed by atoms with Crippen LogP contribution in [0.4, 0.5) is 0 Å². The fraction of sp³-hybridized carbons (Fsp3) is 0.333. The van der Waals surface area contributed by atoms with Gasteiger partial charge in [-0.05, 0) is 31.0 Å². The molecular weight excluding hydrogens is 274 g/mol. The van der Waals surface area contributed by atoms with E-state index in [0.717, 1.165) is 22.8 Å². The van der Waals surface area contributed by atoms with Crippen LogP contribution in [0.1, 0.15) is 24.7 Å². The number of carbonyl (C=O) groups excluding carboxylic acids is 1. The minimum Gasteiger partial charge on any atom is -0.353 e. The zero-order chi connectivity index (χ0) is 14.4. The standard InChI is InChI=1S/C15H18ClN3O/c1-11(10-12-2-4-13(16)5-3-12)19-15(20)7-6-14-17-8-9-18-14/h2-5,8-9,11H,6-7,10H2,1H3,(H,17,18)(H,19,20). The monoisotopic (exact) mass is 291 g/mol. The number of hydrogen-bond acceptors (Lipinski definition) is 2. The van der Waals surface area contributed by atoms with Crippen LogP contribution in [0.25, 0.3) is 0 Å². The van der Waals surface area contributed by atoms with Gasteiger partial charge in [-0.25, -0.2) is 4.98 Å². The van der Waals surface area contributed by atoms with E-state index in [9.17, 15) is 4.79 Å². The van der Waals surface area contributed by atoms with E-state index in [1.165, 1.54) is 0 Å². The van der Waals surface area contributed by atoms with Crippen molar-refractivity contribution in [1.29, 1.82) is 0 Å². The average molecular weight is 292 g/mol. The minimum atomic E-state index is 0.0443. The molecule has 2 aromatic rings. The van der Waals surface area contributed by atoms with Crippen molar-refractivity contribution in [2.45, 2.75) is 32.2 Å². The lowest BCUT2D eigenvalue weighted by Gasteiger charge is -2.13. The number of aryl methyl sites for hydroxylation is 1. The van der Waals surface area contributed by atoms with Crippen LogP contribution >= 0.6 is 11.6 Å². The molecule has 1 heterocycles. The van der Waals surface area contributed by atoms with E-state index >= 15 is 0 Å². The van der Waals surface area contributed by atoms with Gasteiger partial charge in [0.25, 0.3) is 0 Å². The van der Waals surface area contributed by atoms with E-state index in [1.54, 1.807) is 12.4 Å².